The molecule has 0 bridgehead atoms. The van der Waals surface area contributed by atoms with Gasteiger partial charge in [0.15, 0.2) is 0 Å². The molecule has 1 aliphatic heterocycles. The maximum atomic E-state index is 11.5. The first kappa shape index (κ1) is 20.7. The minimum atomic E-state index is 0.147. The lowest BCUT2D eigenvalue weighted by Crippen LogP contribution is -2.48. The van der Waals surface area contributed by atoms with Crippen LogP contribution in [0.2, 0.25) is 0 Å². The maximum Gasteiger partial charge on any atom is 0.219 e. The molecule has 5 nitrogen and oxygen atoms in total. The molecule has 1 fully saturated rings. The van der Waals surface area contributed by atoms with Crippen molar-refractivity contribution in [1.82, 2.24) is 9.88 Å². The van der Waals surface area contributed by atoms with Gasteiger partial charge in [0, 0.05) is 33.1 Å². The van der Waals surface area contributed by atoms with E-state index in [2.05, 4.69) is 34.2 Å². The fraction of sp³-hybridized carbons (Fsp3) is 0.231. The third-order valence-electron chi connectivity index (χ3n) is 5.44. The SMILES string of the molecule is CC(=O)N1CCN(c2ccc(C=Cc3ccc(OCc4ccccc4)cc3)nc2)CC1. The zero-order valence-corrected chi connectivity index (χ0v) is 17.8. The maximum absolute atomic E-state index is 11.5. The standard InChI is InChI=1S/C26H27N3O2/c1-21(30)28-15-17-29(18-16-28)25-12-11-24(27-19-25)10-7-22-8-13-26(14-9-22)31-20-23-5-3-2-4-6-23/h2-14,19H,15-18,20H2,1H3. The molecule has 0 spiro atoms. The van der Waals surface area contributed by atoms with Crippen LogP contribution >= 0.6 is 0 Å². The zero-order chi connectivity index (χ0) is 21.5. The molecule has 4 rings (SSSR count). The fourth-order valence-corrected chi connectivity index (χ4v) is 3.56. The predicted octanol–water partition coefficient (Wildman–Crippen LogP) is 4.50. The third kappa shape index (κ3) is 5.72. The molecule has 0 atom stereocenters. The Morgan fingerprint density at radius 1 is 0.935 bits per heavy atom. The molecule has 158 valence electrons. The van der Waals surface area contributed by atoms with Crippen molar-refractivity contribution in [3.05, 3.63) is 89.7 Å². The molecule has 3 aromatic rings. The van der Waals surface area contributed by atoms with Crippen LogP contribution in [-0.4, -0.2) is 42.0 Å². The number of amides is 1. The van der Waals surface area contributed by atoms with Crippen LogP contribution in [-0.2, 0) is 11.4 Å². The van der Waals surface area contributed by atoms with Crippen LogP contribution < -0.4 is 9.64 Å². The van der Waals surface area contributed by atoms with Gasteiger partial charge in [-0.2, -0.15) is 0 Å². The highest BCUT2D eigenvalue weighted by molar-refractivity contribution is 5.73. The molecule has 1 saturated heterocycles. The summed E-state index contributed by atoms with van der Waals surface area (Å²) in [6, 6.07) is 22.3. The predicted molar refractivity (Wildman–Crippen MR) is 125 cm³/mol. The highest BCUT2D eigenvalue weighted by Gasteiger charge is 2.18. The number of carbonyl (C=O) groups is 1. The normalized spacial score (nSPS) is 14.1. The van der Waals surface area contributed by atoms with Gasteiger partial charge in [-0.25, -0.2) is 0 Å². The summed E-state index contributed by atoms with van der Waals surface area (Å²) in [6.45, 7) is 5.41. The molecular weight excluding hydrogens is 386 g/mol. The smallest absolute Gasteiger partial charge is 0.219 e. The van der Waals surface area contributed by atoms with Crippen molar-refractivity contribution in [3.8, 4) is 5.75 Å². The van der Waals surface area contributed by atoms with Gasteiger partial charge >= 0.3 is 0 Å². The number of ether oxygens (including phenoxy) is 1. The largest absolute Gasteiger partial charge is 0.489 e. The number of piperazine rings is 1. The van der Waals surface area contributed by atoms with E-state index in [-0.39, 0.29) is 5.91 Å². The van der Waals surface area contributed by atoms with Gasteiger partial charge in [0.1, 0.15) is 12.4 Å². The van der Waals surface area contributed by atoms with E-state index in [9.17, 15) is 4.79 Å². The first-order chi connectivity index (χ1) is 15.2. The van der Waals surface area contributed by atoms with E-state index in [4.69, 9.17) is 4.74 Å². The van der Waals surface area contributed by atoms with Gasteiger partial charge in [-0.15, -0.1) is 0 Å². The Bertz CT molecular complexity index is 1010. The molecule has 0 unspecified atom stereocenters. The third-order valence-corrected chi connectivity index (χ3v) is 5.44. The summed E-state index contributed by atoms with van der Waals surface area (Å²) in [4.78, 5) is 20.2. The van der Waals surface area contributed by atoms with Crippen LogP contribution in [0.5, 0.6) is 5.75 Å². The molecule has 1 aliphatic rings. The lowest BCUT2D eigenvalue weighted by Gasteiger charge is -2.35. The quantitative estimate of drug-likeness (QED) is 0.597. The van der Waals surface area contributed by atoms with E-state index in [0.29, 0.717) is 6.61 Å². The Balaban J connectivity index is 1.30. The summed E-state index contributed by atoms with van der Waals surface area (Å²) in [5.41, 5.74) is 4.26. The van der Waals surface area contributed by atoms with E-state index in [1.54, 1.807) is 6.92 Å². The van der Waals surface area contributed by atoms with Crippen molar-refractivity contribution in [1.29, 1.82) is 0 Å². The number of carbonyl (C=O) groups excluding carboxylic acids is 1. The second kappa shape index (κ2) is 9.94. The molecule has 5 heteroatoms. The molecule has 2 aromatic carbocycles. The molecule has 0 radical (unpaired) electrons. The van der Waals surface area contributed by atoms with Gasteiger partial charge in [-0.3, -0.25) is 9.78 Å². The molecular formula is C26H27N3O2. The van der Waals surface area contributed by atoms with E-state index < -0.39 is 0 Å². The van der Waals surface area contributed by atoms with Crippen LogP contribution in [0, 0.1) is 0 Å². The Kier molecular flexibility index (Phi) is 6.62. The van der Waals surface area contributed by atoms with Crippen molar-refractivity contribution < 1.29 is 9.53 Å². The first-order valence-electron chi connectivity index (χ1n) is 10.6. The summed E-state index contributed by atoms with van der Waals surface area (Å²) in [6.07, 6.45) is 5.97. The monoisotopic (exact) mass is 413 g/mol. The lowest BCUT2D eigenvalue weighted by molar-refractivity contribution is -0.129. The van der Waals surface area contributed by atoms with Gasteiger partial charge in [-0.05, 0) is 41.5 Å². The van der Waals surface area contributed by atoms with Crippen LogP contribution in [0.1, 0.15) is 23.7 Å². The second-order valence-corrected chi connectivity index (χ2v) is 7.61. The molecule has 0 aliphatic carbocycles. The summed E-state index contributed by atoms with van der Waals surface area (Å²) >= 11 is 0. The van der Waals surface area contributed by atoms with Gasteiger partial charge < -0.3 is 14.5 Å². The number of benzene rings is 2. The van der Waals surface area contributed by atoms with Crippen LogP contribution in [0.15, 0.2) is 72.9 Å². The molecule has 0 N–H and O–H groups in total. The minimum absolute atomic E-state index is 0.147. The number of anilines is 1. The van der Waals surface area contributed by atoms with Crippen LogP contribution in [0.3, 0.4) is 0 Å². The van der Waals surface area contributed by atoms with Crippen molar-refractivity contribution >= 4 is 23.7 Å². The Morgan fingerprint density at radius 3 is 2.32 bits per heavy atom. The topological polar surface area (TPSA) is 45.7 Å². The number of aromatic nitrogens is 1. The fourth-order valence-electron chi connectivity index (χ4n) is 3.56. The summed E-state index contributed by atoms with van der Waals surface area (Å²) < 4.78 is 5.84. The molecule has 0 saturated carbocycles. The average Bonchev–Trinajstić information content (AvgIpc) is 2.83. The molecule has 1 aromatic heterocycles. The minimum Gasteiger partial charge on any atom is -0.489 e. The van der Waals surface area contributed by atoms with Crippen molar-refractivity contribution in [2.24, 2.45) is 0 Å². The number of pyridine rings is 1. The van der Waals surface area contributed by atoms with Gasteiger partial charge in [0.2, 0.25) is 5.91 Å². The van der Waals surface area contributed by atoms with E-state index in [1.807, 2.05) is 65.7 Å². The summed E-state index contributed by atoms with van der Waals surface area (Å²) in [7, 11) is 0. The van der Waals surface area contributed by atoms with Gasteiger partial charge in [-0.1, -0.05) is 48.5 Å². The van der Waals surface area contributed by atoms with Gasteiger partial charge in [0.05, 0.1) is 17.6 Å². The number of hydrogen-bond donors (Lipinski definition) is 0. The number of hydrogen-bond acceptors (Lipinski definition) is 4. The van der Waals surface area contributed by atoms with E-state index >= 15 is 0 Å². The highest BCUT2D eigenvalue weighted by atomic mass is 16.5. The second-order valence-electron chi connectivity index (χ2n) is 7.61. The van der Waals surface area contributed by atoms with Gasteiger partial charge in [0.25, 0.3) is 0 Å². The summed E-state index contributed by atoms with van der Waals surface area (Å²) in [5.74, 6) is 1.00. The Morgan fingerprint density at radius 2 is 1.68 bits per heavy atom. The Labute approximate surface area is 183 Å². The molecule has 2 heterocycles. The van der Waals surface area contributed by atoms with Crippen molar-refractivity contribution in [2.75, 3.05) is 31.1 Å². The number of rotatable bonds is 6. The number of nitrogens with zero attached hydrogens (tertiary/aromatic N) is 3. The molecule has 1 amide bonds. The Hall–Kier alpha value is -3.60. The van der Waals surface area contributed by atoms with Crippen molar-refractivity contribution in [2.45, 2.75) is 13.5 Å². The lowest BCUT2D eigenvalue weighted by atomic mass is 10.2. The van der Waals surface area contributed by atoms with Crippen LogP contribution in [0.25, 0.3) is 12.2 Å². The van der Waals surface area contributed by atoms with Crippen molar-refractivity contribution in [3.63, 3.8) is 0 Å². The van der Waals surface area contributed by atoms with E-state index in [1.165, 1.54) is 0 Å². The highest BCUT2D eigenvalue weighted by Crippen LogP contribution is 2.18. The van der Waals surface area contributed by atoms with E-state index in [0.717, 1.165) is 54.4 Å². The summed E-state index contributed by atoms with van der Waals surface area (Å²) in [5, 5.41) is 0. The zero-order valence-electron chi connectivity index (χ0n) is 17.8. The first-order valence-corrected chi connectivity index (χ1v) is 10.6. The van der Waals surface area contributed by atoms with Crippen LogP contribution in [0.4, 0.5) is 5.69 Å². The average molecular weight is 414 g/mol. The molecule has 31 heavy (non-hydrogen) atoms.